The second kappa shape index (κ2) is 6.06. The van der Waals surface area contributed by atoms with Gasteiger partial charge in [0.05, 0.1) is 25.0 Å². The molecule has 0 spiro atoms. The number of carbonyl (C=O) groups excluding carboxylic acids is 1. The Kier molecular flexibility index (Phi) is 4.20. The van der Waals surface area contributed by atoms with Crippen molar-refractivity contribution in [3.05, 3.63) is 53.3 Å². The highest BCUT2D eigenvalue weighted by Crippen LogP contribution is 2.21. The number of nitrogens with zero attached hydrogens (tertiary/aromatic N) is 1. The van der Waals surface area contributed by atoms with Gasteiger partial charge in [0, 0.05) is 11.3 Å². The number of nitrogens with one attached hydrogen (secondary N) is 1. The Labute approximate surface area is 117 Å². The van der Waals surface area contributed by atoms with Crippen molar-refractivity contribution in [2.45, 2.75) is 13.5 Å². The van der Waals surface area contributed by atoms with Gasteiger partial charge < -0.3 is 15.8 Å². The molecule has 2 rings (SSSR count). The zero-order chi connectivity index (χ0) is 14.5. The van der Waals surface area contributed by atoms with Crippen LogP contribution in [0.4, 0.5) is 5.69 Å². The van der Waals surface area contributed by atoms with Crippen molar-refractivity contribution in [2.75, 3.05) is 12.8 Å². The second-order valence-electron chi connectivity index (χ2n) is 4.41. The number of aromatic nitrogens is 1. The minimum absolute atomic E-state index is 0.192. The van der Waals surface area contributed by atoms with Gasteiger partial charge in [-0.3, -0.25) is 9.78 Å². The molecule has 0 atom stereocenters. The minimum Gasteiger partial charge on any atom is -0.495 e. The van der Waals surface area contributed by atoms with E-state index in [0.29, 0.717) is 23.5 Å². The molecule has 5 nitrogen and oxygen atoms in total. The van der Waals surface area contributed by atoms with Crippen molar-refractivity contribution in [1.82, 2.24) is 10.3 Å². The Morgan fingerprint density at radius 2 is 2.15 bits per heavy atom. The highest BCUT2D eigenvalue weighted by Gasteiger charge is 2.08. The molecule has 0 radical (unpaired) electrons. The summed E-state index contributed by atoms with van der Waals surface area (Å²) in [6.07, 6.45) is 0. The van der Waals surface area contributed by atoms with Crippen LogP contribution < -0.4 is 15.8 Å². The number of hydrogen-bond donors (Lipinski definition) is 2. The number of anilines is 1. The number of aryl methyl sites for hydroxylation is 1. The standard InChI is InChI=1S/C15H17N3O2/c1-10-4-3-5-12(18-10)9-17-15(19)11-6-7-14(20-2)13(16)8-11/h3-8H,9,16H2,1-2H3,(H,17,19). The molecule has 3 N–H and O–H groups in total. The highest BCUT2D eigenvalue weighted by molar-refractivity contribution is 5.95. The van der Waals surface area contributed by atoms with Crippen LogP contribution in [0.3, 0.4) is 0 Å². The van der Waals surface area contributed by atoms with E-state index in [1.807, 2.05) is 25.1 Å². The van der Waals surface area contributed by atoms with Gasteiger partial charge in [-0.15, -0.1) is 0 Å². The molecule has 1 heterocycles. The summed E-state index contributed by atoms with van der Waals surface area (Å²) in [5.41, 5.74) is 8.46. The lowest BCUT2D eigenvalue weighted by Gasteiger charge is -2.08. The summed E-state index contributed by atoms with van der Waals surface area (Å²) in [4.78, 5) is 16.3. The van der Waals surface area contributed by atoms with Gasteiger partial charge in [0.15, 0.2) is 0 Å². The number of ether oxygens (including phenoxy) is 1. The van der Waals surface area contributed by atoms with Crippen molar-refractivity contribution < 1.29 is 9.53 Å². The van der Waals surface area contributed by atoms with E-state index in [1.165, 1.54) is 7.11 Å². The fourth-order valence-corrected chi connectivity index (χ4v) is 1.85. The Bertz CT molecular complexity index is 626. The fraction of sp³-hybridized carbons (Fsp3) is 0.200. The van der Waals surface area contributed by atoms with E-state index in [4.69, 9.17) is 10.5 Å². The molecule has 104 valence electrons. The molecule has 0 bridgehead atoms. The molecule has 0 aliphatic rings. The van der Waals surface area contributed by atoms with Gasteiger partial charge in [0.1, 0.15) is 5.75 Å². The lowest BCUT2D eigenvalue weighted by molar-refractivity contribution is 0.0950. The number of nitrogen functional groups attached to an aromatic ring is 1. The SMILES string of the molecule is COc1ccc(C(=O)NCc2cccc(C)n2)cc1N. The Hall–Kier alpha value is -2.56. The van der Waals surface area contributed by atoms with Crippen LogP contribution >= 0.6 is 0 Å². The summed E-state index contributed by atoms with van der Waals surface area (Å²) in [5.74, 6) is 0.365. The van der Waals surface area contributed by atoms with E-state index in [0.717, 1.165) is 11.4 Å². The Balaban J connectivity index is 2.03. The zero-order valence-corrected chi connectivity index (χ0v) is 11.5. The molecule has 5 heteroatoms. The fourth-order valence-electron chi connectivity index (χ4n) is 1.85. The topological polar surface area (TPSA) is 77.2 Å². The molecule has 2 aromatic rings. The van der Waals surface area contributed by atoms with Crippen molar-refractivity contribution in [3.8, 4) is 5.75 Å². The first kappa shape index (κ1) is 13.9. The first-order valence-electron chi connectivity index (χ1n) is 6.24. The summed E-state index contributed by atoms with van der Waals surface area (Å²) in [6.45, 7) is 2.29. The molecular formula is C15H17N3O2. The number of carbonyl (C=O) groups is 1. The largest absolute Gasteiger partial charge is 0.495 e. The van der Waals surface area contributed by atoms with Crippen LogP contribution in [0.15, 0.2) is 36.4 Å². The van der Waals surface area contributed by atoms with E-state index in [2.05, 4.69) is 10.3 Å². The van der Waals surface area contributed by atoms with Crippen LogP contribution in [0.25, 0.3) is 0 Å². The first-order chi connectivity index (χ1) is 9.60. The highest BCUT2D eigenvalue weighted by atomic mass is 16.5. The molecule has 0 fully saturated rings. The van der Waals surface area contributed by atoms with E-state index >= 15 is 0 Å². The van der Waals surface area contributed by atoms with Crippen LogP contribution in [0.2, 0.25) is 0 Å². The third kappa shape index (κ3) is 3.26. The van der Waals surface area contributed by atoms with Gasteiger partial charge >= 0.3 is 0 Å². The monoisotopic (exact) mass is 271 g/mol. The molecule has 1 aromatic carbocycles. The smallest absolute Gasteiger partial charge is 0.251 e. The molecule has 1 amide bonds. The van der Waals surface area contributed by atoms with Gasteiger partial charge in [-0.05, 0) is 37.3 Å². The number of hydrogen-bond acceptors (Lipinski definition) is 4. The average Bonchev–Trinajstić information content (AvgIpc) is 2.44. The van der Waals surface area contributed by atoms with E-state index in [-0.39, 0.29) is 5.91 Å². The summed E-state index contributed by atoms with van der Waals surface area (Å²) in [5, 5.41) is 2.81. The van der Waals surface area contributed by atoms with Gasteiger partial charge in [0.2, 0.25) is 0 Å². The lowest BCUT2D eigenvalue weighted by Crippen LogP contribution is -2.23. The summed E-state index contributed by atoms with van der Waals surface area (Å²) >= 11 is 0. The predicted molar refractivity (Wildman–Crippen MR) is 77.6 cm³/mol. The molecule has 1 aromatic heterocycles. The second-order valence-corrected chi connectivity index (χ2v) is 4.41. The van der Waals surface area contributed by atoms with E-state index in [9.17, 15) is 4.79 Å². The lowest BCUT2D eigenvalue weighted by atomic mass is 10.1. The van der Waals surface area contributed by atoms with Crippen LogP contribution in [-0.4, -0.2) is 18.0 Å². The van der Waals surface area contributed by atoms with E-state index in [1.54, 1.807) is 18.2 Å². The number of rotatable bonds is 4. The van der Waals surface area contributed by atoms with Crippen LogP contribution in [-0.2, 0) is 6.54 Å². The molecule has 0 saturated carbocycles. The molecule has 0 aliphatic carbocycles. The number of pyridine rings is 1. The number of nitrogens with two attached hydrogens (primary N) is 1. The molecular weight excluding hydrogens is 254 g/mol. The zero-order valence-electron chi connectivity index (χ0n) is 11.5. The predicted octanol–water partition coefficient (Wildman–Crippen LogP) is 1.91. The quantitative estimate of drug-likeness (QED) is 0.833. The molecule has 0 aliphatic heterocycles. The third-order valence-corrected chi connectivity index (χ3v) is 2.87. The third-order valence-electron chi connectivity index (χ3n) is 2.87. The maximum atomic E-state index is 12.0. The number of benzene rings is 1. The summed E-state index contributed by atoms with van der Waals surface area (Å²) < 4.78 is 5.06. The maximum absolute atomic E-state index is 12.0. The normalized spacial score (nSPS) is 10.1. The van der Waals surface area contributed by atoms with Gasteiger partial charge in [0.25, 0.3) is 5.91 Å². The molecule has 0 unspecified atom stereocenters. The van der Waals surface area contributed by atoms with Gasteiger partial charge in [-0.1, -0.05) is 6.07 Å². The number of amides is 1. The van der Waals surface area contributed by atoms with Gasteiger partial charge in [-0.2, -0.15) is 0 Å². The molecule has 0 saturated heterocycles. The Morgan fingerprint density at radius 1 is 1.35 bits per heavy atom. The first-order valence-corrected chi connectivity index (χ1v) is 6.24. The van der Waals surface area contributed by atoms with Gasteiger partial charge in [-0.25, -0.2) is 0 Å². The summed E-state index contributed by atoms with van der Waals surface area (Å²) in [7, 11) is 1.54. The number of methoxy groups -OCH3 is 1. The van der Waals surface area contributed by atoms with Crippen molar-refractivity contribution in [3.63, 3.8) is 0 Å². The van der Waals surface area contributed by atoms with Crippen LogP contribution in [0.1, 0.15) is 21.7 Å². The average molecular weight is 271 g/mol. The van der Waals surface area contributed by atoms with Crippen LogP contribution in [0, 0.1) is 6.92 Å². The van der Waals surface area contributed by atoms with E-state index < -0.39 is 0 Å². The maximum Gasteiger partial charge on any atom is 0.251 e. The Morgan fingerprint density at radius 3 is 2.80 bits per heavy atom. The van der Waals surface area contributed by atoms with Crippen molar-refractivity contribution in [2.24, 2.45) is 0 Å². The summed E-state index contributed by atoms with van der Waals surface area (Å²) in [6, 6.07) is 10.6. The minimum atomic E-state index is -0.192. The van der Waals surface area contributed by atoms with Crippen LogP contribution in [0.5, 0.6) is 5.75 Å². The van der Waals surface area contributed by atoms with Crippen molar-refractivity contribution in [1.29, 1.82) is 0 Å². The van der Waals surface area contributed by atoms with Crippen molar-refractivity contribution >= 4 is 11.6 Å². The molecule has 20 heavy (non-hydrogen) atoms.